The molecule has 0 radical (unpaired) electrons. The number of carbonyl (C=O) groups excluding carboxylic acids is 3. The van der Waals surface area contributed by atoms with Crippen LogP contribution in [0.5, 0.6) is 11.5 Å². The zero-order valence-electron chi connectivity index (χ0n) is 28.0. The second kappa shape index (κ2) is 15.2. The number of fused-ring (bicyclic) bond motifs is 1. The first-order chi connectivity index (χ1) is 21.1. The number of amides is 2. The molecule has 45 heavy (non-hydrogen) atoms. The molecule has 1 atom stereocenters. The van der Waals surface area contributed by atoms with Gasteiger partial charge in [-0.15, -0.1) is 0 Å². The van der Waals surface area contributed by atoms with Crippen molar-refractivity contribution in [1.29, 1.82) is 0 Å². The van der Waals surface area contributed by atoms with E-state index < -0.39 is 23.0 Å². The van der Waals surface area contributed by atoms with Gasteiger partial charge in [-0.05, 0) is 104 Å². The monoisotopic (exact) mass is 623 g/mol. The molecule has 3 aromatic rings. The van der Waals surface area contributed by atoms with Gasteiger partial charge in [-0.3, -0.25) is 9.59 Å². The Morgan fingerprint density at radius 2 is 1.62 bits per heavy atom. The number of nitrogens with two attached hydrogens (primary N) is 1. The molecule has 1 unspecified atom stereocenters. The van der Waals surface area contributed by atoms with Crippen LogP contribution < -0.4 is 15.2 Å². The Morgan fingerprint density at radius 1 is 0.956 bits per heavy atom. The number of aryl methyl sites for hydroxylation is 1. The fourth-order valence-corrected chi connectivity index (χ4v) is 4.88. The molecule has 1 heterocycles. The molecule has 1 aromatic heterocycles. The predicted molar refractivity (Wildman–Crippen MR) is 175 cm³/mol. The van der Waals surface area contributed by atoms with Crippen LogP contribution in [0.15, 0.2) is 48.7 Å². The summed E-state index contributed by atoms with van der Waals surface area (Å²) in [4.78, 5) is 39.7. The summed E-state index contributed by atoms with van der Waals surface area (Å²) in [6.45, 7) is 16.6. The topological polar surface area (TPSA) is 122 Å². The van der Waals surface area contributed by atoms with Crippen LogP contribution in [0.1, 0.15) is 77.7 Å². The molecule has 0 saturated heterocycles. The van der Waals surface area contributed by atoms with Crippen molar-refractivity contribution in [1.82, 2.24) is 9.47 Å². The van der Waals surface area contributed by atoms with Crippen molar-refractivity contribution >= 4 is 28.9 Å². The number of primary amides is 1. The smallest absolute Gasteiger partial charge is 0.410 e. The molecule has 2 aromatic carbocycles. The maximum atomic E-state index is 13.3. The van der Waals surface area contributed by atoms with E-state index in [4.69, 9.17) is 24.7 Å². The number of hydrogen-bond donors (Lipinski definition) is 1. The molecule has 246 valence electrons. The van der Waals surface area contributed by atoms with E-state index in [0.29, 0.717) is 43.1 Å². The van der Waals surface area contributed by atoms with E-state index in [2.05, 4.69) is 0 Å². The summed E-state index contributed by atoms with van der Waals surface area (Å²) in [5, 5.41) is 0.861. The van der Waals surface area contributed by atoms with E-state index >= 15 is 0 Å². The second-order valence-electron chi connectivity index (χ2n) is 13.1. The van der Waals surface area contributed by atoms with Crippen LogP contribution in [0.2, 0.25) is 0 Å². The predicted octanol–water partition coefficient (Wildman–Crippen LogP) is 6.37. The second-order valence-corrected chi connectivity index (χ2v) is 13.1. The third kappa shape index (κ3) is 10.2. The maximum absolute atomic E-state index is 13.3. The highest BCUT2D eigenvalue weighted by Crippen LogP contribution is 2.27. The van der Waals surface area contributed by atoms with Crippen LogP contribution in [-0.2, 0) is 27.2 Å². The molecule has 0 saturated carbocycles. The van der Waals surface area contributed by atoms with E-state index in [1.165, 1.54) is 0 Å². The molecule has 0 aliphatic carbocycles. The Morgan fingerprint density at radius 3 is 2.22 bits per heavy atom. The molecule has 0 bridgehead atoms. The lowest BCUT2D eigenvalue weighted by Gasteiger charge is -2.32. The largest absolute Gasteiger partial charge is 0.490 e. The van der Waals surface area contributed by atoms with Gasteiger partial charge in [-0.2, -0.15) is 0 Å². The first-order valence-electron chi connectivity index (χ1n) is 15.5. The molecule has 3 rings (SSSR count). The number of rotatable bonds is 14. The molecule has 10 nitrogen and oxygen atoms in total. The summed E-state index contributed by atoms with van der Waals surface area (Å²) >= 11 is 0. The number of ether oxygens (including phenoxy) is 4. The van der Waals surface area contributed by atoms with Crippen molar-refractivity contribution in [2.45, 2.75) is 86.4 Å². The summed E-state index contributed by atoms with van der Waals surface area (Å²) < 4.78 is 24.8. The number of hydrogen-bond acceptors (Lipinski definition) is 7. The number of esters is 1. The Kier molecular flexibility index (Phi) is 11.9. The van der Waals surface area contributed by atoms with E-state index in [0.717, 1.165) is 16.5 Å². The molecule has 0 spiro atoms. The van der Waals surface area contributed by atoms with Gasteiger partial charge in [0.15, 0.2) is 11.5 Å². The van der Waals surface area contributed by atoms with E-state index in [1.807, 2.05) is 103 Å². The van der Waals surface area contributed by atoms with E-state index in [-0.39, 0.29) is 31.8 Å². The van der Waals surface area contributed by atoms with E-state index in [9.17, 15) is 14.4 Å². The quantitative estimate of drug-likeness (QED) is 0.164. The molecular formula is C35H49N3O7. The van der Waals surface area contributed by atoms with Gasteiger partial charge in [0.05, 0.1) is 36.3 Å². The third-order valence-corrected chi connectivity index (χ3v) is 7.00. The third-order valence-electron chi connectivity index (χ3n) is 7.00. The van der Waals surface area contributed by atoms with Gasteiger partial charge in [0, 0.05) is 24.2 Å². The molecule has 0 aliphatic rings. The van der Waals surface area contributed by atoms with Gasteiger partial charge in [0.2, 0.25) is 0 Å². The number of para-hydroxylation sites is 2. The Hall–Kier alpha value is -4.21. The first-order valence-corrected chi connectivity index (χ1v) is 15.5. The van der Waals surface area contributed by atoms with Gasteiger partial charge in [0.1, 0.15) is 12.2 Å². The van der Waals surface area contributed by atoms with Crippen LogP contribution in [-0.4, -0.2) is 65.4 Å². The zero-order valence-corrected chi connectivity index (χ0v) is 28.0. The molecule has 2 N–H and O–H groups in total. The van der Waals surface area contributed by atoms with E-state index in [1.54, 1.807) is 11.0 Å². The van der Waals surface area contributed by atoms with Crippen LogP contribution in [0.4, 0.5) is 4.79 Å². The highest BCUT2D eigenvalue weighted by Gasteiger charge is 2.27. The summed E-state index contributed by atoms with van der Waals surface area (Å²) in [6.07, 6.45) is 2.50. The number of benzene rings is 2. The lowest BCUT2D eigenvalue weighted by Crippen LogP contribution is -2.45. The van der Waals surface area contributed by atoms with Gasteiger partial charge in [0.25, 0.3) is 5.91 Å². The lowest BCUT2D eigenvalue weighted by molar-refractivity contribution is -0.153. The van der Waals surface area contributed by atoms with Gasteiger partial charge >= 0.3 is 12.1 Å². The summed E-state index contributed by atoms with van der Waals surface area (Å²) in [5.74, 6) is 0.448. The molecular weight excluding hydrogens is 574 g/mol. The SMILES string of the molecule is CCOc1ccccc1OCCN(C(=O)OC(C)(C)C)C(C)Cc1cc(C(N)=O)c2c(ccn2CCCOC(=O)C(C)(C)C)c1. The number of aromatic nitrogens is 1. The number of carbonyl (C=O) groups is 3. The molecule has 10 heteroatoms. The fraction of sp³-hybridized carbons (Fsp3) is 0.514. The van der Waals surface area contributed by atoms with Gasteiger partial charge < -0.3 is 34.1 Å². The molecule has 0 fully saturated rings. The standard InChI is InChI=1S/C35H49N3O7/c1-9-42-28-13-10-11-14-29(28)43-20-18-38(33(41)45-35(6,7)8)24(2)21-25-22-26-15-17-37(30(26)27(23-25)31(36)39)16-12-19-44-32(40)34(3,4)5/h10-11,13-15,17,22-24H,9,12,16,18-21H2,1-8H3,(H2,36,39). The fourth-order valence-electron chi connectivity index (χ4n) is 4.88. The average Bonchev–Trinajstić information content (AvgIpc) is 3.34. The van der Waals surface area contributed by atoms with Crippen molar-refractivity contribution in [2.75, 3.05) is 26.4 Å². The Labute approximate surface area is 266 Å². The van der Waals surface area contributed by atoms with Crippen molar-refractivity contribution in [3.63, 3.8) is 0 Å². The van der Waals surface area contributed by atoms with Crippen LogP contribution in [0.3, 0.4) is 0 Å². The highest BCUT2D eigenvalue weighted by molar-refractivity contribution is 6.05. The average molecular weight is 624 g/mol. The summed E-state index contributed by atoms with van der Waals surface area (Å²) in [7, 11) is 0. The van der Waals surface area contributed by atoms with Crippen LogP contribution in [0, 0.1) is 5.41 Å². The van der Waals surface area contributed by atoms with Crippen LogP contribution in [0.25, 0.3) is 10.9 Å². The highest BCUT2D eigenvalue weighted by atomic mass is 16.6. The molecule has 2 amide bonds. The van der Waals surface area contributed by atoms with Gasteiger partial charge in [-0.25, -0.2) is 4.79 Å². The van der Waals surface area contributed by atoms with Crippen molar-refractivity contribution in [3.05, 3.63) is 59.8 Å². The van der Waals surface area contributed by atoms with Crippen molar-refractivity contribution < 1.29 is 33.3 Å². The minimum absolute atomic E-state index is 0.229. The zero-order chi connectivity index (χ0) is 33.4. The van der Waals surface area contributed by atoms with Gasteiger partial charge in [-0.1, -0.05) is 12.1 Å². The Bertz CT molecular complexity index is 1470. The summed E-state index contributed by atoms with van der Waals surface area (Å²) in [5.41, 5.74) is 6.59. The van der Waals surface area contributed by atoms with Crippen LogP contribution >= 0.6 is 0 Å². The number of nitrogens with zero attached hydrogens (tertiary/aromatic N) is 2. The Balaban J connectivity index is 1.78. The van der Waals surface area contributed by atoms with Crippen molar-refractivity contribution in [3.8, 4) is 11.5 Å². The maximum Gasteiger partial charge on any atom is 0.410 e. The normalized spacial score (nSPS) is 12.4. The summed E-state index contributed by atoms with van der Waals surface area (Å²) in [6, 6.07) is 12.9. The van der Waals surface area contributed by atoms with Crippen molar-refractivity contribution in [2.24, 2.45) is 11.1 Å². The molecule has 0 aliphatic heterocycles. The lowest BCUT2D eigenvalue weighted by atomic mass is 9.97. The minimum atomic E-state index is -0.677. The first kappa shape index (κ1) is 35.3. The minimum Gasteiger partial charge on any atom is -0.490 e.